The molecule has 2 N–H and O–H groups in total. The highest BCUT2D eigenvalue weighted by Crippen LogP contribution is 2.22. The van der Waals surface area contributed by atoms with E-state index in [0.717, 1.165) is 4.47 Å². The summed E-state index contributed by atoms with van der Waals surface area (Å²) in [4.78, 5) is 12.0. The first-order valence-electron chi connectivity index (χ1n) is 7.03. The fourth-order valence-electron chi connectivity index (χ4n) is 1.96. The summed E-state index contributed by atoms with van der Waals surface area (Å²) in [5.74, 6) is 0.594. The lowest BCUT2D eigenvalue weighted by Crippen LogP contribution is -2.25. The van der Waals surface area contributed by atoms with E-state index >= 15 is 0 Å². The van der Waals surface area contributed by atoms with E-state index < -0.39 is 12.0 Å². The van der Waals surface area contributed by atoms with E-state index in [9.17, 15) is 9.90 Å². The Morgan fingerprint density at radius 1 is 1.21 bits per heavy atom. The Balaban J connectivity index is 2.05. The molecule has 2 aromatic carbocycles. The smallest absolute Gasteiger partial charge is 0.273 e. The highest BCUT2D eigenvalue weighted by atomic mass is 79.9. The zero-order valence-electron chi connectivity index (χ0n) is 13.2. The van der Waals surface area contributed by atoms with Gasteiger partial charge in [-0.15, -0.1) is 0 Å². The number of halogens is 1. The lowest BCUT2D eigenvalue weighted by molar-refractivity contribution is -0.129. The molecule has 1 amide bonds. The summed E-state index contributed by atoms with van der Waals surface area (Å²) in [5.41, 5.74) is 3.42. The predicted octanol–water partition coefficient (Wildman–Crippen LogP) is 2.65. The van der Waals surface area contributed by atoms with E-state index in [-0.39, 0.29) is 0 Å². The number of amides is 1. The third-order valence-corrected chi connectivity index (χ3v) is 3.78. The van der Waals surface area contributed by atoms with Crippen molar-refractivity contribution in [2.24, 2.45) is 5.10 Å². The van der Waals surface area contributed by atoms with Gasteiger partial charge in [0.05, 0.1) is 20.4 Å². The average Bonchev–Trinajstić information content (AvgIpc) is 2.61. The van der Waals surface area contributed by atoms with Gasteiger partial charge in [0.15, 0.2) is 6.10 Å². The molecule has 0 saturated heterocycles. The maximum Gasteiger partial charge on any atom is 0.273 e. The maximum atomic E-state index is 12.0. The number of hydrazone groups is 1. The predicted molar refractivity (Wildman–Crippen MR) is 94.4 cm³/mol. The number of benzene rings is 2. The van der Waals surface area contributed by atoms with Crippen LogP contribution in [0.4, 0.5) is 0 Å². The first-order valence-corrected chi connectivity index (χ1v) is 7.83. The molecule has 0 aliphatic heterocycles. The molecule has 2 rings (SSSR count). The second-order valence-electron chi connectivity index (χ2n) is 4.80. The molecule has 0 aliphatic rings. The van der Waals surface area contributed by atoms with Gasteiger partial charge in [-0.2, -0.15) is 5.10 Å². The third-order valence-electron chi connectivity index (χ3n) is 3.25. The number of nitrogens with one attached hydrogen (secondary N) is 1. The average molecular weight is 393 g/mol. The third kappa shape index (κ3) is 4.56. The summed E-state index contributed by atoms with van der Waals surface area (Å²) in [6, 6.07) is 12.0. The van der Waals surface area contributed by atoms with E-state index in [1.54, 1.807) is 49.6 Å². The zero-order chi connectivity index (χ0) is 17.5. The summed E-state index contributed by atoms with van der Waals surface area (Å²) in [6.07, 6.45) is 0.121. The van der Waals surface area contributed by atoms with Gasteiger partial charge in [-0.3, -0.25) is 4.79 Å². The Labute approximate surface area is 148 Å². The minimum atomic E-state index is -1.30. The van der Waals surface area contributed by atoms with Crippen LogP contribution in [-0.2, 0) is 4.79 Å². The van der Waals surface area contributed by atoms with E-state index in [2.05, 4.69) is 26.5 Å². The Morgan fingerprint density at radius 2 is 1.92 bits per heavy atom. The second-order valence-corrected chi connectivity index (χ2v) is 5.71. The summed E-state index contributed by atoms with van der Waals surface area (Å²) >= 11 is 3.30. The summed E-state index contributed by atoms with van der Waals surface area (Å²) < 4.78 is 11.2. The van der Waals surface area contributed by atoms with Gasteiger partial charge in [0.1, 0.15) is 11.5 Å². The number of carbonyl (C=O) groups excluding carboxylic acids is 1. The van der Waals surface area contributed by atoms with Crippen molar-refractivity contribution in [3.63, 3.8) is 0 Å². The number of hydrogen-bond acceptors (Lipinski definition) is 5. The van der Waals surface area contributed by atoms with E-state index in [1.807, 2.05) is 0 Å². The number of methoxy groups -OCH3 is 2. The lowest BCUT2D eigenvalue weighted by atomic mass is 10.1. The normalized spacial score (nSPS) is 12.0. The Morgan fingerprint density at radius 3 is 2.54 bits per heavy atom. The van der Waals surface area contributed by atoms with Crippen molar-refractivity contribution in [1.82, 2.24) is 5.43 Å². The molecule has 0 bridgehead atoms. The first kappa shape index (κ1) is 18.0. The molecule has 2 aromatic rings. The fraction of sp³-hybridized carbons (Fsp3) is 0.176. The van der Waals surface area contributed by atoms with Gasteiger partial charge in [-0.1, -0.05) is 28.1 Å². The summed E-state index contributed by atoms with van der Waals surface area (Å²) in [7, 11) is 3.09. The van der Waals surface area contributed by atoms with Gasteiger partial charge in [0.2, 0.25) is 0 Å². The molecule has 0 fully saturated rings. The van der Waals surface area contributed by atoms with Crippen LogP contribution in [0.2, 0.25) is 0 Å². The number of carbonyl (C=O) groups is 1. The van der Waals surface area contributed by atoms with Gasteiger partial charge in [-0.05, 0) is 35.9 Å². The Bertz CT molecular complexity index is 732. The van der Waals surface area contributed by atoms with E-state index in [1.165, 1.54) is 13.3 Å². The number of rotatable bonds is 6. The molecular formula is C17H17BrN2O4. The standard InChI is InChI=1S/C17H17BrN2O4/c1-23-14-7-8-15(24-2)12(9-14)10-19-20-17(22)16(21)11-3-5-13(18)6-4-11/h3-10,16,21H,1-2H3,(H,20,22)/b19-10-/t16-/m0/s1. The SMILES string of the molecule is COc1ccc(OC)c(/C=N\NC(=O)[C@@H](O)c2ccc(Br)cc2)c1. The van der Waals surface area contributed by atoms with Gasteiger partial charge < -0.3 is 14.6 Å². The van der Waals surface area contributed by atoms with Gasteiger partial charge in [0, 0.05) is 10.0 Å². The molecule has 0 spiro atoms. The van der Waals surface area contributed by atoms with Crippen LogP contribution in [0.5, 0.6) is 11.5 Å². The van der Waals surface area contributed by atoms with Gasteiger partial charge in [0.25, 0.3) is 5.91 Å². The monoisotopic (exact) mass is 392 g/mol. The van der Waals surface area contributed by atoms with Crippen LogP contribution in [0.1, 0.15) is 17.2 Å². The van der Waals surface area contributed by atoms with Gasteiger partial charge >= 0.3 is 0 Å². The van der Waals surface area contributed by atoms with Crippen molar-refractivity contribution >= 4 is 28.1 Å². The molecule has 24 heavy (non-hydrogen) atoms. The molecule has 126 valence electrons. The largest absolute Gasteiger partial charge is 0.497 e. The van der Waals surface area contributed by atoms with Crippen molar-refractivity contribution in [1.29, 1.82) is 0 Å². The van der Waals surface area contributed by atoms with Crippen LogP contribution < -0.4 is 14.9 Å². The van der Waals surface area contributed by atoms with Crippen LogP contribution in [0.3, 0.4) is 0 Å². The Kier molecular flexibility index (Phi) is 6.34. The highest BCUT2D eigenvalue weighted by Gasteiger charge is 2.16. The number of ether oxygens (including phenoxy) is 2. The van der Waals surface area contributed by atoms with Crippen molar-refractivity contribution in [2.45, 2.75) is 6.10 Å². The molecule has 7 heteroatoms. The first-order chi connectivity index (χ1) is 11.5. The number of aliphatic hydroxyl groups excluding tert-OH is 1. The van der Waals surface area contributed by atoms with Crippen LogP contribution in [-0.4, -0.2) is 31.4 Å². The number of aliphatic hydroxyl groups is 1. The number of hydrogen-bond donors (Lipinski definition) is 2. The van der Waals surface area contributed by atoms with E-state index in [0.29, 0.717) is 22.6 Å². The molecular weight excluding hydrogens is 376 g/mol. The van der Waals surface area contributed by atoms with E-state index in [4.69, 9.17) is 9.47 Å². The zero-order valence-corrected chi connectivity index (χ0v) is 14.8. The highest BCUT2D eigenvalue weighted by molar-refractivity contribution is 9.10. The number of nitrogens with zero attached hydrogens (tertiary/aromatic N) is 1. The van der Waals surface area contributed by atoms with Crippen molar-refractivity contribution in [3.05, 3.63) is 58.1 Å². The van der Waals surface area contributed by atoms with Gasteiger partial charge in [-0.25, -0.2) is 5.43 Å². The molecule has 0 aliphatic carbocycles. The molecule has 0 aromatic heterocycles. The minimum Gasteiger partial charge on any atom is -0.497 e. The van der Waals surface area contributed by atoms with Crippen molar-refractivity contribution in [3.8, 4) is 11.5 Å². The molecule has 0 heterocycles. The fourth-order valence-corrected chi connectivity index (χ4v) is 2.23. The second kappa shape index (κ2) is 8.47. The minimum absolute atomic E-state index is 0.477. The van der Waals surface area contributed by atoms with Crippen LogP contribution in [0.25, 0.3) is 0 Å². The molecule has 0 saturated carbocycles. The quantitative estimate of drug-likeness (QED) is 0.584. The lowest BCUT2D eigenvalue weighted by Gasteiger charge is -2.09. The maximum absolute atomic E-state index is 12.0. The molecule has 0 unspecified atom stereocenters. The Hall–Kier alpha value is -2.38. The molecule has 1 atom stereocenters. The molecule has 0 radical (unpaired) electrons. The van der Waals surface area contributed by atoms with Crippen molar-refractivity contribution in [2.75, 3.05) is 14.2 Å². The topological polar surface area (TPSA) is 80.2 Å². The summed E-state index contributed by atoms with van der Waals surface area (Å²) in [6.45, 7) is 0. The van der Waals surface area contributed by atoms with Crippen LogP contribution in [0, 0.1) is 0 Å². The molecule has 6 nitrogen and oxygen atoms in total. The van der Waals surface area contributed by atoms with Crippen LogP contribution in [0.15, 0.2) is 52.0 Å². The summed E-state index contributed by atoms with van der Waals surface area (Å²) in [5, 5.41) is 13.9. The van der Waals surface area contributed by atoms with Crippen molar-refractivity contribution < 1.29 is 19.4 Å². The van der Waals surface area contributed by atoms with Crippen LogP contribution >= 0.6 is 15.9 Å².